The molecule has 15 heavy (non-hydrogen) atoms. The van der Waals surface area contributed by atoms with E-state index in [0.717, 1.165) is 0 Å². The maximum atomic E-state index is 11.1. The number of nitrogens with zero attached hydrogens (tertiary/aromatic N) is 3. The Morgan fingerprint density at radius 3 is 2.60 bits per heavy atom. The number of nitrogens with one attached hydrogen (secondary N) is 1. The van der Waals surface area contributed by atoms with Gasteiger partial charge >= 0.3 is 0 Å². The molecule has 1 unspecified atom stereocenters. The van der Waals surface area contributed by atoms with Crippen LogP contribution in [0.4, 0.5) is 0 Å². The van der Waals surface area contributed by atoms with Gasteiger partial charge in [0, 0.05) is 18.0 Å². The molecule has 0 aromatic rings. The van der Waals surface area contributed by atoms with E-state index in [0.29, 0.717) is 19.5 Å². The molecule has 0 saturated carbocycles. The number of hydrogen-bond acceptors (Lipinski definition) is 3. The molecule has 1 atom stereocenters. The summed E-state index contributed by atoms with van der Waals surface area (Å²) in [4.78, 5) is 13.7. The first kappa shape index (κ1) is 13.7. The molecular weight excluding hydrogens is 194 g/mol. The number of nitrogens with two attached hydrogens (primary N) is 1. The molecule has 1 amide bonds. The molecule has 0 heterocycles. The lowest BCUT2D eigenvalue weighted by molar-refractivity contribution is -0.120. The lowest BCUT2D eigenvalue weighted by Gasteiger charge is -2.24. The Morgan fingerprint density at radius 2 is 2.20 bits per heavy atom. The molecule has 0 aromatic heterocycles. The molecule has 6 heteroatoms. The summed E-state index contributed by atoms with van der Waals surface area (Å²) in [5.74, 6) is -0.370. The van der Waals surface area contributed by atoms with Gasteiger partial charge in [-0.25, -0.2) is 0 Å². The van der Waals surface area contributed by atoms with Crippen molar-refractivity contribution in [3.8, 4) is 0 Å². The zero-order chi connectivity index (χ0) is 11.9. The molecule has 0 aliphatic carbocycles. The van der Waals surface area contributed by atoms with Crippen molar-refractivity contribution >= 4 is 5.91 Å². The third-order valence-corrected chi connectivity index (χ3v) is 1.83. The number of hydrogen-bond donors (Lipinski definition) is 2. The van der Waals surface area contributed by atoms with Crippen molar-refractivity contribution in [3.05, 3.63) is 10.4 Å². The van der Waals surface area contributed by atoms with Gasteiger partial charge in [-0.15, -0.1) is 0 Å². The van der Waals surface area contributed by atoms with Crippen LogP contribution < -0.4 is 11.1 Å². The average molecular weight is 213 g/mol. The predicted molar refractivity (Wildman–Crippen MR) is 59.1 cm³/mol. The van der Waals surface area contributed by atoms with Crippen molar-refractivity contribution in [2.24, 2.45) is 16.3 Å². The first-order valence-electron chi connectivity index (χ1n) is 4.90. The van der Waals surface area contributed by atoms with Crippen LogP contribution >= 0.6 is 0 Å². The molecule has 0 aromatic carbocycles. The maximum absolute atomic E-state index is 11.1. The van der Waals surface area contributed by atoms with Crippen molar-refractivity contribution in [3.63, 3.8) is 0 Å². The van der Waals surface area contributed by atoms with Gasteiger partial charge in [0.05, 0.1) is 6.04 Å². The van der Waals surface area contributed by atoms with Crippen LogP contribution in [-0.4, -0.2) is 25.0 Å². The molecule has 0 aliphatic rings. The van der Waals surface area contributed by atoms with Gasteiger partial charge in [0.2, 0.25) is 5.91 Å². The predicted octanol–water partition coefficient (Wildman–Crippen LogP) is 1.18. The summed E-state index contributed by atoms with van der Waals surface area (Å²) < 4.78 is 0. The van der Waals surface area contributed by atoms with E-state index in [4.69, 9.17) is 11.3 Å². The van der Waals surface area contributed by atoms with Crippen LogP contribution in [0, 0.1) is 5.41 Å². The van der Waals surface area contributed by atoms with Crippen LogP contribution in [0.3, 0.4) is 0 Å². The van der Waals surface area contributed by atoms with Gasteiger partial charge in [0.25, 0.3) is 0 Å². The van der Waals surface area contributed by atoms with Gasteiger partial charge < -0.3 is 11.1 Å². The fourth-order valence-corrected chi connectivity index (χ4v) is 1.22. The zero-order valence-electron chi connectivity index (χ0n) is 9.53. The minimum atomic E-state index is -0.370. The molecular formula is C9H19N5O. The average Bonchev–Trinajstić information content (AvgIpc) is 2.08. The van der Waals surface area contributed by atoms with Crippen molar-refractivity contribution < 1.29 is 4.79 Å². The first-order valence-corrected chi connectivity index (χ1v) is 4.90. The standard InChI is InChI=1S/C9H19N5O/c1-9(2,3)6-7(8(10)15)12-4-5-13-14-11/h7,12H,4-6H2,1-3H3,(H2,10,15). The molecule has 0 rings (SSSR count). The summed E-state index contributed by atoms with van der Waals surface area (Å²) in [6.45, 7) is 6.91. The van der Waals surface area contributed by atoms with Crippen molar-refractivity contribution in [1.82, 2.24) is 5.32 Å². The van der Waals surface area contributed by atoms with Crippen LogP contribution in [0.25, 0.3) is 10.4 Å². The first-order chi connectivity index (χ1) is 6.87. The fourth-order valence-electron chi connectivity index (χ4n) is 1.22. The van der Waals surface area contributed by atoms with E-state index < -0.39 is 0 Å². The van der Waals surface area contributed by atoms with Gasteiger partial charge in [0.1, 0.15) is 0 Å². The number of rotatable bonds is 6. The van der Waals surface area contributed by atoms with E-state index >= 15 is 0 Å². The van der Waals surface area contributed by atoms with Crippen LogP contribution in [0.1, 0.15) is 27.2 Å². The highest BCUT2D eigenvalue weighted by Gasteiger charge is 2.22. The Morgan fingerprint density at radius 1 is 1.60 bits per heavy atom. The third-order valence-electron chi connectivity index (χ3n) is 1.83. The largest absolute Gasteiger partial charge is 0.368 e. The third kappa shape index (κ3) is 7.78. The Balaban J connectivity index is 4.06. The Labute approximate surface area is 89.8 Å². The number of amides is 1. The van der Waals surface area contributed by atoms with Crippen LogP contribution in [0.2, 0.25) is 0 Å². The Hall–Kier alpha value is -1.26. The molecule has 6 nitrogen and oxygen atoms in total. The van der Waals surface area contributed by atoms with Crippen LogP contribution in [-0.2, 0) is 4.79 Å². The van der Waals surface area contributed by atoms with Gasteiger partial charge in [-0.05, 0) is 17.4 Å². The smallest absolute Gasteiger partial charge is 0.234 e. The molecule has 3 N–H and O–H groups in total. The number of carbonyl (C=O) groups excluding carboxylic acids is 1. The Bertz CT molecular complexity index is 252. The van der Waals surface area contributed by atoms with Crippen molar-refractivity contribution in [1.29, 1.82) is 0 Å². The summed E-state index contributed by atoms with van der Waals surface area (Å²) in [6.07, 6.45) is 0.665. The molecule has 0 radical (unpaired) electrons. The summed E-state index contributed by atoms with van der Waals surface area (Å²) in [5, 5.41) is 6.34. The molecule has 0 aliphatic heterocycles. The topological polar surface area (TPSA) is 104 Å². The fraction of sp³-hybridized carbons (Fsp3) is 0.889. The van der Waals surface area contributed by atoms with E-state index in [1.54, 1.807) is 0 Å². The molecule has 86 valence electrons. The van der Waals surface area contributed by atoms with Gasteiger partial charge in [0.15, 0.2) is 0 Å². The highest BCUT2D eigenvalue weighted by Crippen LogP contribution is 2.20. The molecule has 0 fully saturated rings. The monoisotopic (exact) mass is 213 g/mol. The SMILES string of the molecule is CC(C)(C)CC(NCCN=[N+]=[N-])C(N)=O. The highest BCUT2D eigenvalue weighted by atomic mass is 16.1. The van der Waals surface area contributed by atoms with E-state index in [9.17, 15) is 4.79 Å². The van der Waals surface area contributed by atoms with Gasteiger partial charge in [-0.1, -0.05) is 25.9 Å². The van der Waals surface area contributed by atoms with Gasteiger partial charge in [-0.2, -0.15) is 0 Å². The normalized spacial score (nSPS) is 13.0. The minimum absolute atomic E-state index is 0.0329. The van der Waals surface area contributed by atoms with Crippen LogP contribution in [0.5, 0.6) is 0 Å². The minimum Gasteiger partial charge on any atom is -0.368 e. The van der Waals surface area contributed by atoms with Crippen molar-refractivity contribution in [2.75, 3.05) is 13.1 Å². The zero-order valence-corrected chi connectivity index (χ0v) is 9.53. The number of primary amides is 1. The molecule has 0 spiro atoms. The Kier molecular flexibility index (Phi) is 5.74. The second-order valence-corrected chi connectivity index (χ2v) is 4.63. The summed E-state index contributed by atoms with van der Waals surface area (Å²) in [7, 11) is 0. The highest BCUT2D eigenvalue weighted by molar-refractivity contribution is 5.79. The lowest BCUT2D eigenvalue weighted by Crippen LogP contribution is -2.44. The van der Waals surface area contributed by atoms with Crippen LogP contribution in [0.15, 0.2) is 5.11 Å². The molecule has 0 bridgehead atoms. The van der Waals surface area contributed by atoms with E-state index in [2.05, 4.69) is 15.3 Å². The maximum Gasteiger partial charge on any atom is 0.234 e. The van der Waals surface area contributed by atoms with E-state index in [1.807, 2.05) is 20.8 Å². The summed E-state index contributed by atoms with van der Waals surface area (Å²) in [5.41, 5.74) is 13.4. The quantitative estimate of drug-likeness (QED) is 0.299. The van der Waals surface area contributed by atoms with E-state index in [-0.39, 0.29) is 17.4 Å². The summed E-state index contributed by atoms with van der Waals surface area (Å²) >= 11 is 0. The molecule has 0 saturated heterocycles. The van der Waals surface area contributed by atoms with E-state index in [1.165, 1.54) is 0 Å². The van der Waals surface area contributed by atoms with Gasteiger partial charge in [-0.3, -0.25) is 4.79 Å². The number of azide groups is 1. The number of carbonyl (C=O) groups is 1. The second-order valence-electron chi connectivity index (χ2n) is 4.63. The second kappa shape index (κ2) is 6.27. The summed E-state index contributed by atoms with van der Waals surface area (Å²) in [6, 6.07) is -0.362. The lowest BCUT2D eigenvalue weighted by atomic mass is 9.88. The van der Waals surface area contributed by atoms with Crippen molar-refractivity contribution in [2.45, 2.75) is 33.2 Å².